The molecule has 3 aliphatic carbocycles. The molecule has 2 amide bonds. The first-order chi connectivity index (χ1) is 14.4. The molecule has 0 unspecified atom stereocenters. The second-order valence-corrected chi connectivity index (χ2v) is 9.19. The maximum atomic E-state index is 12.9. The van der Waals surface area contributed by atoms with Crippen LogP contribution in [-0.2, 0) is 19.2 Å². The number of carboxylic acids is 2. The van der Waals surface area contributed by atoms with Crippen molar-refractivity contribution in [1.29, 1.82) is 0 Å². The Balaban J connectivity index is 1.63. The first-order valence-electron chi connectivity index (χ1n) is 11.4. The monoisotopic (exact) mass is 422 g/mol. The van der Waals surface area contributed by atoms with Crippen molar-refractivity contribution in [2.24, 2.45) is 23.7 Å². The fourth-order valence-corrected chi connectivity index (χ4v) is 5.54. The molecule has 8 nitrogen and oxygen atoms in total. The summed E-state index contributed by atoms with van der Waals surface area (Å²) in [5, 5.41) is 25.0. The van der Waals surface area contributed by atoms with Gasteiger partial charge in [-0.1, -0.05) is 38.5 Å². The topological polar surface area (TPSA) is 133 Å². The number of amides is 2. The molecule has 0 aromatic rings. The largest absolute Gasteiger partial charge is 0.481 e. The van der Waals surface area contributed by atoms with E-state index in [2.05, 4.69) is 10.6 Å². The van der Waals surface area contributed by atoms with Crippen LogP contribution in [0.25, 0.3) is 0 Å². The van der Waals surface area contributed by atoms with E-state index in [1.165, 1.54) is 0 Å². The minimum atomic E-state index is -0.916. The molecule has 3 aliphatic rings. The molecule has 3 rings (SSSR count). The van der Waals surface area contributed by atoms with E-state index in [4.69, 9.17) is 0 Å². The summed E-state index contributed by atoms with van der Waals surface area (Å²) in [4.78, 5) is 48.9. The normalized spacial score (nSPS) is 34.5. The van der Waals surface area contributed by atoms with Crippen LogP contribution in [0.1, 0.15) is 77.0 Å². The van der Waals surface area contributed by atoms with Crippen LogP contribution in [0.5, 0.6) is 0 Å². The number of carbonyl (C=O) groups is 4. The van der Waals surface area contributed by atoms with Crippen molar-refractivity contribution in [2.75, 3.05) is 0 Å². The molecule has 3 saturated carbocycles. The summed E-state index contributed by atoms with van der Waals surface area (Å²) in [7, 11) is 0. The van der Waals surface area contributed by atoms with Gasteiger partial charge in [0.1, 0.15) is 0 Å². The minimum Gasteiger partial charge on any atom is -0.481 e. The molecule has 0 radical (unpaired) electrons. The Morgan fingerprint density at radius 2 is 0.800 bits per heavy atom. The lowest BCUT2D eigenvalue weighted by Crippen LogP contribution is -2.56. The zero-order valence-corrected chi connectivity index (χ0v) is 17.5. The van der Waals surface area contributed by atoms with Gasteiger partial charge in [-0.25, -0.2) is 0 Å². The molecule has 4 N–H and O–H groups in total. The Hall–Kier alpha value is -2.12. The minimum absolute atomic E-state index is 0.227. The van der Waals surface area contributed by atoms with Crippen LogP contribution in [-0.4, -0.2) is 46.0 Å². The maximum Gasteiger partial charge on any atom is 0.307 e. The highest BCUT2D eigenvalue weighted by molar-refractivity contribution is 5.86. The Labute approximate surface area is 177 Å². The van der Waals surface area contributed by atoms with Gasteiger partial charge in [-0.05, 0) is 38.5 Å². The molecule has 168 valence electrons. The van der Waals surface area contributed by atoms with Gasteiger partial charge in [0.15, 0.2) is 0 Å². The van der Waals surface area contributed by atoms with Crippen molar-refractivity contribution in [3.8, 4) is 0 Å². The molecule has 6 atom stereocenters. The summed E-state index contributed by atoms with van der Waals surface area (Å²) in [6, 6.07) is -0.475. The second-order valence-electron chi connectivity index (χ2n) is 9.19. The Morgan fingerprint density at radius 3 is 1.13 bits per heavy atom. The van der Waals surface area contributed by atoms with Crippen LogP contribution >= 0.6 is 0 Å². The molecule has 8 heteroatoms. The smallest absolute Gasteiger partial charge is 0.307 e. The molecule has 0 heterocycles. The fourth-order valence-electron chi connectivity index (χ4n) is 5.54. The number of hydrogen-bond donors (Lipinski definition) is 4. The number of carboxylic acid groups (broad SMARTS) is 2. The standard InChI is InChI=1S/C22H34N2O6/c25-19(13-7-1-3-9-15(13)21(27)28)23-17-11-5-6-12-18(17)24-20(26)14-8-2-4-10-16(14)22(29)30/h13-18H,1-12H2,(H,23,25)(H,24,26)(H,27,28)(H,29,30)/t13-,14+,15-,16+,17+,18-. The summed E-state index contributed by atoms with van der Waals surface area (Å²) in [5.74, 6) is -4.62. The van der Waals surface area contributed by atoms with E-state index in [1.807, 2.05) is 0 Å². The lowest BCUT2D eigenvalue weighted by molar-refractivity contribution is -0.149. The van der Waals surface area contributed by atoms with Crippen LogP contribution in [0.2, 0.25) is 0 Å². The molecule has 0 aromatic heterocycles. The number of rotatable bonds is 6. The van der Waals surface area contributed by atoms with E-state index >= 15 is 0 Å². The van der Waals surface area contributed by atoms with Crippen LogP contribution in [0, 0.1) is 23.7 Å². The maximum absolute atomic E-state index is 12.9. The van der Waals surface area contributed by atoms with Gasteiger partial charge in [-0.15, -0.1) is 0 Å². The van der Waals surface area contributed by atoms with Gasteiger partial charge in [-0.3, -0.25) is 19.2 Å². The predicted octanol–water partition coefficient (Wildman–Crippen LogP) is 2.31. The second kappa shape index (κ2) is 10.3. The first kappa shape index (κ1) is 22.6. The van der Waals surface area contributed by atoms with E-state index < -0.39 is 35.6 Å². The van der Waals surface area contributed by atoms with Gasteiger partial charge in [0.05, 0.1) is 23.7 Å². The van der Waals surface area contributed by atoms with Gasteiger partial charge in [0.25, 0.3) is 0 Å². The van der Waals surface area contributed by atoms with E-state index in [0.717, 1.165) is 51.4 Å². The third kappa shape index (κ3) is 5.32. The molecule has 0 aromatic carbocycles. The summed E-state index contributed by atoms with van der Waals surface area (Å²) < 4.78 is 0. The number of carbonyl (C=O) groups excluding carboxylic acids is 2. The summed E-state index contributed by atoms with van der Waals surface area (Å²) in [6.45, 7) is 0. The molecule has 0 bridgehead atoms. The highest BCUT2D eigenvalue weighted by atomic mass is 16.4. The van der Waals surface area contributed by atoms with Crippen molar-refractivity contribution < 1.29 is 29.4 Å². The zero-order valence-electron chi connectivity index (χ0n) is 17.5. The van der Waals surface area contributed by atoms with Crippen LogP contribution in [0.4, 0.5) is 0 Å². The van der Waals surface area contributed by atoms with Crippen LogP contribution < -0.4 is 10.6 Å². The van der Waals surface area contributed by atoms with Crippen LogP contribution in [0.3, 0.4) is 0 Å². The SMILES string of the molecule is O=C(O)[C@H]1CCCC[C@@H]1C(=O)N[C@@H]1CCCC[C@@H]1NC(=O)[C@@H]1CCCC[C@H]1C(=O)O. The van der Waals surface area contributed by atoms with Crippen molar-refractivity contribution in [3.05, 3.63) is 0 Å². The van der Waals surface area contributed by atoms with E-state index in [0.29, 0.717) is 25.7 Å². The summed E-state index contributed by atoms with van der Waals surface area (Å²) >= 11 is 0. The quantitative estimate of drug-likeness (QED) is 0.519. The average Bonchev–Trinajstić information content (AvgIpc) is 2.75. The van der Waals surface area contributed by atoms with Crippen LogP contribution in [0.15, 0.2) is 0 Å². The van der Waals surface area contributed by atoms with Gasteiger partial charge < -0.3 is 20.8 Å². The van der Waals surface area contributed by atoms with Crippen molar-refractivity contribution in [3.63, 3.8) is 0 Å². The number of nitrogens with one attached hydrogen (secondary N) is 2. The molecule has 0 spiro atoms. The van der Waals surface area contributed by atoms with Crippen molar-refractivity contribution >= 4 is 23.8 Å². The highest BCUT2D eigenvalue weighted by Gasteiger charge is 2.40. The van der Waals surface area contributed by atoms with Gasteiger partial charge in [-0.2, -0.15) is 0 Å². The van der Waals surface area contributed by atoms with E-state index in [9.17, 15) is 29.4 Å². The van der Waals surface area contributed by atoms with Crippen molar-refractivity contribution in [1.82, 2.24) is 10.6 Å². The predicted molar refractivity (Wildman–Crippen MR) is 108 cm³/mol. The average molecular weight is 423 g/mol. The lowest BCUT2D eigenvalue weighted by Gasteiger charge is -2.37. The fraction of sp³-hybridized carbons (Fsp3) is 0.818. The third-order valence-electron chi connectivity index (χ3n) is 7.26. The summed E-state index contributed by atoms with van der Waals surface area (Å²) in [5.41, 5.74) is 0. The highest BCUT2D eigenvalue weighted by Crippen LogP contribution is 2.32. The molecule has 3 fully saturated rings. The van der Waals surface area contributed by atoms with E-state index in [-0.39, 0.29) is 23.9 Å². The van der Waals surface area contributed by atoms with E-state index in [1.54, 1.807) is 0 Å². The van der Waals surface area contributed by atoms with Gasteiger partial charge in [0, 0.05) is 12.1 Å². The lowest BCUT2D eigenvalue weighted by atomic mass is 9.77. The molecular formula is C22H34N2O6. The molecule has 0 saturated heterocycles. The molecular weight excluding hydrogens is 388 g/mol. The first-order valence-corrected chi connectivity index (χ1v) is 11.4. The Morgan fingerprint density at radius 1 is 0.500 bits per heavy atom. The number of hydrogen-bond acceptors (Lipinski definition) is 4. The third-order valence-corrected chi connectivity index (χ3v) is 7.26. The Kier molecular flexibility index (Phi) is 7.72. The zero-order chi connectivity index (χ0) is 21.7. The summed E-state index contributed by atoms with van der Waals surface area (Å²) in [6.07, 6.45) is 8.90. The molecule has 0 aliphatic heterocycles. The van der Waals surface area contributed by atoms with Crippen molar-refractivity contribution in [2.45, 2.75) is 89.1 Å². The van der Waals surface area contributed by atoms with Gasteiger partial charge >= 0.3 is 11.9 Å². The molecule has 30 heavy (non-hydrogen) atoms. The number of aliphatic carboxylic acids is 2. The van der Waals surface area contributed by atoms with Gasteiger partial charge in [0.2, 0.25) is 11.8 Å². The Bertz CT molecular complexity index is 610.